The van der Waals surface area contributed by atoms with Crippen LogP contribution in [0.15, 0.2) is 0 Å². The average molecular weight is 242 g/mol. The molecule has 96 valence electrons. The number of β-amino-alcohol motifs (C(OH)–C–C–N with tert-alkyl or cyclic N) is 1. The Kier molecular flexibility index (Phi) is 3.63. The van der Waals surface area contributed by atoms with Gasteiger partial charge in [0.1, 0.15) is 0 Å². The van der Waals surface area contributed by atoms with Crippen molar-refractivity contribution in [3.05, 3.63) is 0 Å². The molecule has 0 spiro atoms. The number of amides is 1. The second-order valence-corrected chi connectivity index (χ2v) is 4.89. The van der Waals surface area contributed by atoms with Crippen molar-refractivity contribution in [1.29, 1.82) is 0 Å². The lowest BCUT2D eigenvalue weighted by Gasteiger charge is -2.20. The van der Waals surface area contributed by atoms with Crippen LogP contribution in [0.2, 0.25) is 0 Å². The summed E-state index contributed by atoms with van der Waals surface area (Å²) in [6.07, 6.45) is 0.901. The summed E-state index contributed by atoms with van der Waals surface area (Å²) in [4.78, 5) is 24.3. The largest absolute Gasteiger partial charge is 0.481 e. The Morgan fingerprint density at radius 1 is 1.41 bits per heavy atom. The molecule has 2 rings (SSSR count). The number of likely N-dealkylation sites (tertiary alicyclic amines) is 1. The number of rotatable bonds is 3. The van der Waals surface area contributed by atoms with E-state index in [4.69, 9.17) is 5.11 Å². The van der Waals surface area contributed by atoms with Gasteiger partial charge in [-0.2, -0.15) is 0 Å². The minimum atomic E-state index is -0.807. The second-order valence-electron chi connectivity index (χ2n) is 4.89. The maximum absolute atomic E-state index is 12.0. The van der Waals surface area contributed by atoms with Crippen LogP contribution in [-0.2, 0) is 9.59 Å². The topological polar surface area (TPSA) is 89.9 Å². The van der Waals surface area contributed by atoms with E-state index in [1.807, 2.05) is 0 Å². The number of aliphatic carboxylic acids is 1. The van der Waals surface area contributed by atoms with Crippen molar-refractivity contribution < 1.29 is 19.8 Å². The number of carbonyl (C=O) groups is 2. The van der Waals surface area contributed by atoms with Gasteiger partial charge in [-0.1, -0.05) is 0 Å². The Hall–Kier alpha value is -1.14. The van der Waals surface area contributed by atoms with Crippen molar-refractivity contribution in [3.63, 3.8) is 0 Å². The molecule has 2 heterocycles. The van der Waals surface area contributed by atoms with E-state index in [0.717, 1.165) is 6.42 Å². The number of nitrogens with zero attached hydrogens (tertiary/aromatic N) is 1. The molecule has 17 heavy (non-hydrogen) atoms. The van der Waals surface area contributed by atoms with Gasteiger partial charge in [0.2, 0.25) is 5.91 Å². The van der Waals surface area contributed by atoms with Crippen LogP contribution in [0.25, 0.3) is 0 Å². The van der Waals surface area contributed by atoms with E-state index in [1.54, 1.807) is 4.90 Å². The second kappa shape index (κ2) is 5.01. The van der Waals surface area contributed by atoms with Gasteiger partial charge in [-0.05, 0) is 18.8 Å². The van der Waals surface area contributed by atoms with Crippen LogP contribution in [0.5, 0.6) is 0 Å². The first-order chi connectivity index (χ1) is 8.06. The highest BCUT2D eigenvalue weighted by Gasteiger charge is 2.35. The summed E-state index contributed by atoms with van der Waals surface area (Å²) in [5, 5.41) is 21.0. The molecule has 0 aromatic rings. The first-order valence-corrected chi connectivity index (χ1v) is 5.98. The van der Waals surface area contributed by atoms with E-state index in [2.05, 4.69) is 5.32 Å². The molecule has 6 heteroatoms. The van der Waals surface area contributed by atoms with Gasteiger partial charge in [0.25, 0.3) is 0 Å². The molecule has 2 aliphatic heterocycles. The van der Waals surface area contributed by atoms with Gasteiger partial charge < -0.3 is 20.4 Å². The van der Waals surface area contributed by atoms with Crippen molar-refractivity contribution in [2.45, 2.75) is 31.4 Å². The van der Waals surface area contributed by atoms with Crippen LogP contribution in [0.3, 0.4) is 0 Å². The van der Waals surface area contributed by atoms with Gasteiger partial charge in [0.15, 0.2) is 0 Å². The van der Waals surface area contributed by atoms with Crippen LogP contribution in [-0.4, -0.2) is 58.8 Å². The molecule has 2 fully saturated rings. The van der Waals surface area contributed by atoms with Crippen molar-refractivity contribution in [3.8, 4) is 0 Å². The average Bonchev–Trinajstić information content (AvgIpc) is 2.85. The molecule has 3 unspecified atom stereocenters. The third-order valence-corrected chi connectivity index (χ3v) is 3.47. The van der Waals surface area contributed by atoms with E-state index in [-0.39, 0.29) is 24.3 Å². The highest BCUT2D eigenvalue weighted by Crippen LogP contribution is 2.21. The van der Waals surface area contributed by atoms with Crippen LogP contribution >= 0.6 is 0 Å². The molecule has 0 saturated carbocycles. The molecule has 1 amide bonds. The Bertz CT molecular complexity index is 321. The summed E-state index contributed by atoms with van der Waals surface area (Å²) in [5.74, 6) is -0.740. The first-order valence-electron chi connectivity index (χ1n) is 5.98. The molecule has 0 aromatic heterocycles. The summed E-state index contributed by atoms with van der Waals surface area (Å²) in [6, 6.07) is -0.298. The van der Waals surface area contributed by atoms with Crippen molar-refractivity contribution in [2.75, 3.05) is 19.6 Å². The smallest absolute Gasteiger partial charge is 0.303 e. The Labute approximate surface area is 99.6 Å². The number of carbonyl (C=O) groups excluding carboxylic acids is 1. The quantitative estimate of drug-likeness (QED) is 0.592. The van der Waals surface area contributed by atoms with Gasteiger partial charge in [-0.3, -0.25) is 9.59 Å². The number of hydrogen-bond acceptors (Lipinski definition) is 4. The predicted molar refractivity (Wildman–Crippen MR) is 59.4 cm³/mol. The minimum absolute atomic E-state index is 0.00515. The summed E-state index contributed by atoms with van der Waals surface area (Å²) in [7, 11) is 0. The zero-order valence-electron chi connectivity index (χ0n) is 9.63. The standard InChI is InChI=1S/C11H18N2O4/c14-8-4-9(12-5-8)11(17)13-2-1-7(6-13)3-10(15)16/h7-9,12,14H,1-6H2,(H,15,16). The van der Waals surface area contributed by atoms with Crippen LogP contribution in [0.4, 0.5) is 0 Å². The molecule has 0 bridgehead atoms. The van der Waals surface area contributed by atoms with E-state index in [1.165, 1.54) is 0 Å². The van der Waals surface area contributed by atoms with Crippen molar-refractivity contribution in [2.24, 2.45) is 5.92 Å². The van der Waals surface area contributed by atoms with Crippen molar-refractivity contribution in [1.82, 2.24) is 10.2 Å². The lowest BCUT2D eigenvalue weighted by atomic mass is 10.1. The van der Waals surface area contributed by atoms with E-state index < -0.39 is 12.1 Å². The van der Waals surface area contributed by atoms with Gasteiger partial charge >= 0.3 is 5.97 Å². The lowest BCUT2D eigenvalue weighted by Crippen LogP contribution is -2.42. The maximum Gasteiger partial charge on any atom is 0.303 e. The SMILES string of the molecule is O=C(O)CC1CCN(C(=O)C2CC(O)CN2)C1. The third kappa shape index (κ3) is 2.95. The number of nitrogens with one attached hydrogen (secondary N) is 1. The number of carboxylic acids is 1. The Morgan fingerprint density at radius 2 is 2.18 bits per heavy atom. The Balaban J connectivity index is 1.83. The van der Waals surface area contributed by atoms with Gasteiger partial charge in [0, 0.05) is 26.1 Å². The summed E-state index contributed by atoms with van der Waals surface area (Å²) in [6.45, 7) is 1.62. The molecule has 6 nitrogen and oxygen atoms in total. The number of carboxylic acid groups (broad SMARTS) is 1. The van der Waals surface area contributed by atoms with Crippen LogP contribution < -0.4 is 5.32 Å². The number of aliphatic hydroxyl groups excluding tert-OH is 1. The van der Waals surface area contributed by atoms with E-state index >= 15 is 0 Å². The fourth-order valence-corrected chi connectivity index (χ4v) is 2.57. The highest BCUT2D eigenvalue weighted by molar-refractivity contribution is 5.82. The number of aliphatic hydroxyl groups is 1. The first kappa shape index (κ1) is 12.3. The summed E-state index contributed by atoms with van der Waals surface area (Å²) < 4.78 is 0. The molecule has 0 radical (unpaired) electrons. The predicted octanol–water partition coefficient (Wildman–Crippen LogP) is -0.968. The van der Waals surface area contributed by atoms with Gasteiger partial charge in [-0.15, -0.1) is 0 Å². The fraction of sp³-hybridized carbons (Fsp3) is 0.818. The molecule has 0 aliphatic carbocycles. The number of hydrogen-bond donors (Lipinski definition) is 3. The zero-order chi connectivity index (χ0) is 12.4. The maximum atomic E-state index is 12.0. The Morgan fingerprint density at radius 3 is 2.76 bits per heavy atom. The molecule has 3 atom stereocenters. The van der Waals surface area contributed by atoms with Gasteiger partial charge in [-0.25, -0.2) is 0 Å². The fourth-order valence-electron chi connectivity index (χ4n) is 2.57. The molecular weight excluding hydrogens is 224 g/mol. The summed E-state index contributed by atoms with van der Waals surface area (Å²) in [5.41, 5.74) is 0. The minimum Gasteiger partial charge on any atom is -0.481 e. The monoisotopic (exact) mass is 242 g/mol. The van der Waals surface area contributed by atoms with Crippen LogP contribution in [0, 0.1) is 5.92 Å². The van der Waals surface area contributed by atoms with Crippen LogP contribution in [0.1, 0.15) is 19.3 Å². The molecule has 0 aromatic carbocycles. The van der Waals surface area contributed by atoms with E-state index in [9.17, 15) is 14.7 Å². The molecule has 2 aliphatic rings. The zero-order valence-corrected chi connectivity index (χ0v) is 9.63. The molecule has 2 saturated heterocycles. The van der Waals surface area contributed by atoms with E-state index in [0.29, 0.717) is 26.1 Å². The molecule has 3 N–H and O–H groups in total. The third-order valence-electron chi connectivity index (χ3n) is 3.47. The van der Waals surface area contributed by atoms with Crippen molar-refractivity contribution >= 4 is 11.9 Å². The summed E-state index contributed by atoms with van der Waals surface area (Å²) >= 11 is 0. The normalized spacial score (nSPS) is 33.0. The van der Waals surface area contributed by atoms with Gasteiger partial charge in [0.05, 0.1) is 12.1 Å². The highest BCUT2D eigenvalue weighted by atomic mass is 16.4. The lowest BCUT2D eigenvalue weighted by molar-refractivity contribution is -0.138. The molecular formula is C11H18N2O4.